The molecule has 1 amide bonds. The molecule has 2 heterocycles. The minimum Gasteiger partial charge on any atom is -0.408 e. The largest absolute Gasteiger partial charge is 0.408 e. The number of carbonyl (C=O) groups excluding carboxylic acids is 1. The molecular formula is C14H12N4O2. The van der Waals surface area contributed by atoms with Gasteiger partial charge in [0.25, 0.3) is 5.91 Å². The van der Waals surface area contributed by atoms with Crippen LogP contribution in [0.15, 0.2) is 34.9 Å². The highest BCUT2D eigenvalue weighted by Gasteiger charge is 2.29. The van der Waals surface area contributed by atoms with Gasteiger partial charge >= 0.3 is 6.01 Å². The number of hydrogen-bond donors (Lipinski definition) is 2. The van der Waals surface area contributed by atoms with E-state index in [-0.39, 0.29) is 11.9 Å². The zero-order valence-corrected chi connectivity index (χ0v) is 10.6. The molecule has 3 aromatic rings. The van der Waals surface area contributed by atoms with Gasteiger partial charge in [-0.3, -0.25) is 10.1 Å². The molecule has 1 aliphatic carbocycles. The fourth-order valence-electron chi connectivity index (χ4n) is 2.20. The molecule has 1 aliphatic rings. The summed E-state index contributed by atoms with van der Waals surface area (Å²) >= 11 is 0. The molecule has 2 aromatic heterocycles. The maximum absolute atomic E-state index is 12.2. The van der Waals surface area contributed by atoms with Gasteiger partial charge in [-0.15, -0.1) is 5.10 Å². The summed E-state index contributed by atoms with van der Waals surface area (Å²) in [6.07, 6.45) is 3.84. The molecule has 0 aliphatic heterocycles. The van der Waals surface area contributed by atoms with Crippen molar-refractivity contribution in [2.24, 2.45) is 0 Å². The van der Waals surface area contributed by atoms with Crippen molar-refractivity contribution >= 4 is 22.8 Å². The Labute approximate surface area is 114 Å². The van der Waals surface area contributed by atoms with Crippen molar-refractivity contribution in [3.05, 3.63) is 41.9 Å². The molecule has 6 heteroatoms. The van der Waals surface area contributed by atoms with Crippen LogP contribution in [0.25, 0.3) is 10.9 Å². The molecule has 100 valence electrons. The maximum Gasteiger partial charge on any atom is 0.322 e. The highest BCUT2D eigenvalue weighted by Crippen LogP contribution is 2.39. The summed E-state index contributed by atoms with van der Waals surface area (Å²) in [6, 6.07) is 7.78. The zero-order valence-electron chi connectivity index (χ0n) is 10.6. The number of anilines is 1. The number of aromatic nitrogens is 3. The standard InChI is InChI=1S/C14H12N4O2/c19-12(10-7-15-11-4-2-1-3-9(10)11)16-14-18-17-13(20-14)8-5-6-8/h1-4,7-8,15H,5-6H2,(H,16,18,19). The third kappa shape index (κ3) is 1.85. The van der Waals surface area contributed by atoms with Crippen molar-refractivity contribution in [1.82, 2.24) is 15.2 Å². The topological polar surface area (TPSA) is 83.8 Å². The number of carbonyl (C=O) groups is 1. The second-order valence-electron chi connectivity index (χ2n) is 4.92. The first-order valence-corrected chi connectivity index (χ1v) is 6.52. The molecular weight excluding hydrogens is 256 g/mol. The number of hydrogen-bond acceptors (Lipinski definition) is 4. The lowest BCUT2D eigenvalue weighted by atomic mass is 10.2. The fraction of sp³-hybridized carbons (Fsp3) is 0.214. The Kier molecular flexibility index (Phi) is 2.35. The first-order valence-electron chi connectivity index (χ1n) is 6.52. The van der Waals surface area contributed by atoms with Crippen LogP contribution in [0.4, 0.5) is 6.01 Å². The van der Waals surface area contributed by atoms with Gasteiger partial charge in [0.2, 0.25) is 5.89 Å². The van der Waals surface area contributed by atoms with E-state index in [0.29, 0.717) is 17.4 Å². The van der Waals surface area contributed by atoms with Crippen molar-refractivity contribution in [3.63, 3.8) is 0 Å². The van der Waals surface area contributed by atoms with Crippen molar-refractivity contribution < 1.29 is 9.21 Å². The van der Waals surface area contributed by atoms with E-state index in [1.807, 2.05) is 24.3 Å². The molecule has 0 spiro atoms. The molecule has 6 nitrogen and oxygen atoms in total. The van der Waals surface area contributed by atoms with E-state index in [0.717, 1.165) is 23.7 Å². The van der Waals surface area contributed by atoms with Gasteiger partial charge in [-0.25, -0.2) is 0 Å². The van der Waals surface area contributed by atoms with Crippen LogP contribution >= 0.6 is 0 Å². The van der Waals surface area contributed by atoms with Crippen LogP contribution in [0, 0.1) is 0 Å². The molecule has 1 aromatic carbocycles. The summed E-state index contributed by atoms with van der Waals surface area (Å²) in [6.45, 7) is 0. The van der Waals surface area contributed by atoms with Gasteiger partial charge in [0, 0.05) is 23.0 Å². The summed E-state index contributed by atoms with van der Waals surface area (Å²) in [5, 5.41) is 11.3. The molecule has 0 bridgehead atoms. The first kappa shape index (κ1) is 11.2. The van der Waals surface area contributed by atoms with E-state index in [1.165, 1.54) is 0 Å². The predicted octanol–water partition coefficient (Wildman–Crippen LogP) is 2.68. The quantitative estimate of drug-likeness (QED) is 0.764. The summed E-state index contributed by atoms with van der Waals surface area (Å²) in [5.41, 5.74) is 1.48. The Balaban J connectivity index is 1.59. The number of nitrogens with one attached hydrogen (secondary N) is 2. The van der Waals surface area contributed by atoms with Gasteiger partial charge in [-0.1, -0.05) is 23.3 Å². The van der Waals surface area contributed by atoms with Gasteiger partial charge in [-0.2, -0.15) is 0 Å². The fourth-order valence-corrected chi connectivity index (χ4v) is 2.20. The number of nitrogens with zero attached hydrogens (tertiary/aromatic N) is 2. The van der Waals surface area contributed by atoms with E-state index in [2.05, 4.69) is 20.5 Å². The molecule has 1 saturated carbocycles. The molecule has 2 N–H and O–H groups in total. The van der Waals surface area contributed by atoms with Crippen molar-refractivity contribution in [2.75, 3.05) is 5.32 Å². The Hall–Kier alpha value is -2.63. The number of H-pyrrole nitrogens is 1. The monoisotopic (exact) mass is 268 g/mol. The second kappa shape index (κ2) is 4.19. The summed E-state index contributed by atoms with van der Waals surface area (Å²) in [7, 11) is 0. The molecule has 0 atom stereocenters. The van der Waals surface area contributed by atoms with Crippen molar-refractivity contribution in [2.45, 2.75) is 18.8 Å². The Bertz CT molecular complexity index is 785. The average Bonchev–Trinajstić information content (AvgIpc) is 3.06. The Morgan fingerprint density at radius 3 is 3.00 bits per heavy atom. The number of rotatable bonds is 3. The van der Waals surface area contributed by atoms with Crippen LogP contribution in [0.1, 0.15) is 35.0 Å². The normalized spacial score (nSPS) is 14.6. The smallest absolute Gasteiger partial charge is 0.322 e. The average molecular weight is 268 g/mol. The SMILES string of the molecule is O=C(Nc1nnc(C2CC2)o1)c1c[nH]c2ccccc12. The van der Waals surface area contributed by atoms with Crippen LogP contribution in [0.2, 0.25) is 0 Å². The number of amides is 1. The van der Waals surface area contributed by atoms with E-state index in [9.17, 15) is 4.79 Å². The number of para-hydroxylation sites is 1. The highest BCUT2D eigenvalue weighted by atomic mass is 16.4. The molecule has 20 heavy (non-hydrogen) atoms. The van der Waals surface area contributed by atoms with E-state index < -0.39 is 0 Å². The number of aromatic amines is 1. The van der Waals surface area contributed by atoms with Crippen molar-refractivity contribution in [1.29, 1.82) is 0 Å². The molecule has 0 radical (unpaired) electrons. The lowest BCUT2D eigenvalue weighted by Gasteiger charge is -1.98. The second-order valence-corrected chi connectivity index (χ2v) is 4.92. The van der Waals surface area contributed by atoms with E-state index >= 15 is 0 Å². The van der Waals surface area contributed by atoms with Crippen LogP contribution in [0.5, 0.6) is 0 Å². The third-order valence-electron chi connectivity index (χ3n) is 3.42. The van der Waals surface area contributed by atoms with Gasteiger partial charge < -0.3 is 9.40 Å². The molecule has 1 fully saturated rings. The Morgan fingerprint density at radius 2 is 2.15 bits per heavy atom. The van der Waals surface area contributed by atoms with Crippen LogP contribution < -0.4 is 5.32 Å². The highest BCUT2D eigenvalue weighted by molar-refractivity contribution is 6.12. The minimum absolute atomic E-state index is 0.155. The van der Waals surface area contributed by atoms with Gasteiger partial charge in [0.15, 0.2) is 0 Å². The van der Waals surface area contributed by atoms with E-state index in [4.69, 9.17) is 4.42 Å². The summed E-state index contributed by atoms with van der Waals surface area (Å²) in [5.74, 6) is 0.730. The maximum atomic E-state index is 12.2. The summed E-state index contributed by atoms with van der Waals surface area (Å²) < 4.78 is 5.42. The number of fused-ring (bicyclic) bond motifs is 1. The lowest BCUT2D eigenvalue weighted by Crippen LogP contribution is -2.11. The van der Waals surface area contributed by atoms with Gasteiger partial charge in [-0.05, 0) is 18.9 Å². The van der Waals surface area contributed by atoms with E-state index in [1.54, 1.807) is 6.20 Å². The predicted molar refractivity (Wildman–Crippen MR) is 72.5 cm³/mol. The Morgan fingerprint density at radius 1 is 1.30 bits per heavy atom. The first-order chi connectivity index (χ1) is 9.81. The van der Waals surface area contributed by atoms with Crippen LogP contribution in [0.3, 0.4) is 0 Å². The van der Waals surface area contributed by atoms with Crippen molar-refractivity contribution in [3.8, 4) is 0 Å². The zero-order chi connectivity index (χ0) is 13.5. The molecule has 0 saturated heterocycles. The molecule has 4 rings (SSSR count). The van der Waals surface area contributed by atoms with Crippen LogP contribution in [-0.4, -0.2) is 21.1 Å². The third-order valence-corrected chi connectivity index (χ3v) is 3.42. The van der Waals surface area contributed by atoms with Gasteiger partial charge in [0.1, 0.15) is 0 Å². The lowest BCUT2D eigenvalue weighted by molar-refractivity contribution is 0.102. The molecule has 0 unspecified atom stereocenters. The van der Waals surface area contributed by atoms with Gasteiger partial charge in [0.05, 0.1) is 5.56 Å². The summed E-state index contributed by atoms with van der Waals surface area (Å²) in [4.78, 5) is 15.3. The number of benzene rings is 1. The van der Waals surface area contributed by atoms with Crippen LogP contribution in [-0.2, 0) is 0 Å². The minimum atomic E-state index is -0.256.